The molecule has 0 heteroatoms. The molecule has 94 valence electrons. The number of hydrogen-bond acceptors (Lipinski definition) is 0. The van der Waals surface area contributed by atoms with Crippen molar-refractivity contribution >= 4 is 16.8 Å². The van der Waals surface area contributed by atoms with Gasteiger partial charge in [0.25, 0.3) is 0 Å². The Hall–Kier alpha value is -2.34. The molecule has 0 saturated carbocycles. The van der Waals surface area contributed by atoms with Crippen molar-refractivity contribution in [1.29, 1.82) is 0 Å². The minimum absolute atomic E-state index is 1.06. The third-order valence-corrected chi connectivity index (χ3v) is 4.70. The quantitative estimate of drug-likeness (QED) is 0.415. The molecule has 0 bridgehead atoms. The zero-order valence-electron chi connectivity index (χ0n) is 11.2. The Kier molecular flexibility index (Phi) is 1.88. The van der Waals surface area contributed by atoms with Gasteiger partial charge in [-0.05, 0) is 63.1 Å². The summed E-state index contributed by atoms with van der Waals surface area (Å²) in [5, 5.41) is 2.93. The van der Waals surface area contributed by atoms with Crippen LogP contribution in [0.5, 0.6) is 0 Å². The molecule has 0 nitrogen and oxygen atoms in total. The van der Waals surface area contributed by atoms with E-state index >= 15 is 0 Å². The second-order valence-corrected chi connectivity index (χ2v) is 5.77. The lowest BCUT2D eigenvalue weighted by molar-refractivity contribution is 1.26. The van der Waals surface area contributed by atoms with Crippen molar-refractivity contribution < 1.29 is 0 Å². The molecular weight excluding hydrogens is 240 g/mol. The van der Waals surface area contributed by atoms with Gasteiger partial charge in [0.1, 0.15) is 0 Å². The van der Waals surface area contributed by atoms with Crippen LogP contribution < -0.4 is 0 Å². The molecule has 0 N–H and O–H groups in total. The Morgan fingerprint density at radius 1 is 0.800 bits per heavy atom. The van der Waals surface area contributed by atoms with Crippen LogP contribution in [0.1, 0.15) is 22.3 Å². The molecule has 2 aliphatic rings. The smallest absolute Gasteiger partial charge is 0.000728 e. The second-order valence-electron chi connectivity index (χ2n) is 5.77. The molecule has 20 heavy (non-hydrogen) atoms. The first-order valence-corrected chi connectivity index (χ1v) is 7.24. The maximum absolute atomic E-state index is 2.43. The topological polar surface area (TPSA) is 0 Å². The van der Waals surface area contributed by atoms with Crippen LogP contribution in [0.15, 0.2) is 54.6 Å². The maximum atomic E-state index is 2.43. The van der Waals surface area contributed by atoms with Gasteiger partial charge in [-0.2, -0.15) is 0 Å². The molecule has 2 aliphatic carbocycles. The van der Waals surface area contributed by atoms with Crippen molar-refractivity contribution in [3.63, 3.8) is 0 Å². The zero-order chi connectivity index (χ0) is 13.1. The average molecular weight is 254 g/mol. The summed E-state index contributed by atoms with van der Waals surface area (Å²) in [6.45, 7) is 0. The maximum Gasteiger partial charge on any atom is -0.000728 e. The summed E-state index contributed by atoms with van der Waals surface area (Å²) >= 11 is 0. The fourth-order valence-corrected chi connectivity index (χ4v) is 3.83. The fourth-order valence-electron chi connectivity index (χ4n) is 3.83. The van der Waals surface area contributed by atoms with E-state index in [1.165, 1.54) is 44.2 Å². The van der Waals surface area contributed by atoms with Gasteiger partial charge in [-0.15, -0.1) is 0 Å². The van der Waals surface area contributed by atoms with Gasteiger partial charge < -0.3 is 0 Å². The minimum atomic E-state index is 1.06. The van der Waals surface area contributed by atoms with E-state index in [4.69, 9.17) is 0 Å². The average Bonchev–Trinajstić information content (AvgIpc) is 2.87. The first-order chi connectivity index (χ1) is 9.92. The second kappa shape index (κ2) is 3.61. The highest BCUT2D eigenvalue weighted by molar-refractivity contribution is 6.02. The monoisotopic (exact) mass is 254 g/mol. The van der Waals surface area contributed by atoms with Gasteiger partial charge in [-0.25, -0.2) is 0 Å². The minimum Gasteiger partial charge on any atom is -0.0795 e. The molecular formula is C20H14. The van der Waals surface area contributed by atoms with Gasteiger partial charge in [0.05, 0.1) is 0 Å². The van der Waals surface area contributed by atoms with Crippen LogP contribution in [0, 0.1) is 0 Å². The van der Waals surface area contributed by atoms with Crippen LogP contribution in [-0.2, 0) is 12.8 Å². The molecule has 0 aromatic heterocycles. The van der Waals surface area contributed by atoms with Crippen molar-refractivity contribution in [2.24, 2.45) is 0 Å². The number of rotatable bonds is 0. The lowest BCUT2D eigenvalue weighted by atomic mass is 9.88. The molecule has 0 heterocycles. The fraction of sp³-hybridized carbons (Fsp3) is 0.100. The highest BCUT2D eigenvalue weighted by Crippen LogP contribution is 2.43. The molecule has 3 aromatic carbocycles. The Morgan fingerprint density at radius 3 is 2.75 bits per heavy atom. The third kappa shape index (κ3) is 1.21. The molecule has 0 unspecified atom stereocenters. The lowest BCUT2D eigenvalue weighted by Crippen LogP contribution is -1.96. The SMILES string of the molecule is C1=Cc2cccc3c4c(cc(c23)C1)-c1ccccc1C4. The van der Waals surface area contributed by atoms with Gasteiger partial charge >= 0.3 is 0 Å². The van der Waals surface area contributed by atoms with Crippen LogP contribution in [0.4, 0.5) is 0 Å². The highest BCUT2D eigenvalue weighted by Gasteiger charge is 2.22. The Balaban J connectivity index is 1.95. The van der Waals surface area contributed by atoms with Crippen LogP contribution in [0.25, 0.3) is 28.0 Å². The predicted molar refractivity (Wildman–Crippen MR) is 84.9 cm³/mol. The third-order valence-electron chi connectivity index (χ3n) is 4.70. The largest absolute Gasteiger partial charge is 0.0795 e. The Morgan fingerprint density at radius 2 is 1.75 bits per heavy atom. The van der Waals surface area contributed by atoms with Crippen LogP contribution >= 0.6 is 0 Å². The number of allylic oxidation sites excluding steroid dienone is 1. The van der Waals surface area contributed by atoms with E-state index in [1.807, 2.05) is 0 Å². The molecule has 0 radical (unpaired) electrons. The van der Waals surface area contributed by atoms with Gasteiger partial charge in [-0.1, -0.05) is 54.6 Å². The summed E-state index contributed by atoms with van der Waals surface area (Å²) < 4.78 is 0. The summed E-state index contributed by atoms with van der Waals surface area (Å²) in [5.41, 5.74) is 8.73. The van der Waals surface area contributed by atoms with E-state index in [2.05, 4.69) is 60.7 Å². The van der Waals surface area contributed by atoms with E-state index < -0.39 is 0 Å². The molecule has 0 aliphatic heterocycles. The van der Waals surface area contributed by atoms with E-state index in [0.717, 1.165) is 12.8 Å². The molecule has 0 amide bonds. The Labute approximate surface area is 118 Å². The molecule has 0 fully saturated rings. The summed E-state index contributed by atoms with van der Waals surface area (Å²) in [6, 6.07) is 18.0. The summed E-state index contributed by atoms with van der Waals surface area (Å²) in [4.78, 5) is 0. The molecule has 0 saturated heterocycles. The molecule has 0 spiro atoms. The van der Waals surface area contributed by atoms with E-state index in [9.17, 15) is 0 Å². The van der Waals surface area contributed by atoms with Crippen molar-refractivity contribution in [3.8, 4) is 11.1 Å². The number of hydrogen-bond donors (Lipinski definition) is 0. The standard InChI is InChI=1S/C20H14/c1-2-9-16-14(5-1)11-19-17-10-4-7-13-6-3-8-15(20(13)17)12-18(16)19/h1-7,9-10,12H,8,11H2. The predicted octanol–water partition coefficient (Wildman–Crippen LogP) is 4.98. The molecule has 0 atom stereocenters. The lowest BCUT2D eigenvalue weighted by Gasteiger charge is -2.16. The van der Waals surface area contributed by atoms with Crippen LogP contribution in [-0.4, -0.2) is 0 Å². The van der Waals surface area contributed by atoms with Crippen molar-refractivity contribution in [1.82, 2.24) is 0 Å². The summed E-state index contributed by atoms with van der Waals surface area (Å²) in [7, 11) is 0. The number of benzene rings is 3. The van der Waals surface area contributed by atoms with Crippen molar-refractivity contribution in [3.05, 3.63) is 76.9 Å². The summed E-state index contributed by atoms with van der Waals surface area (Å²) in [6.07, 6.45) is 6.69. The van der Waals surface area contributed by atoms with E-state index in [-0.39, 0.29) is 0 Å². The normalized spacial score (nSPS) is 14.4. The van der Waals surface area contributed by atoms with Crippen LogP contribution in [0.3, 0.4) is 0 Å². The molecule has 3 aromatic rings. The summed E-state index contributed by atoms with van der Waals surface area (Å²) in [5.74, 6) is 0. The first kappa shape index (κ1) is 10.4. The number of fused-ring (bicyclic) bond motifs is 4. The van der Waals surface area contributed by atoms with Gasteiger partial charge in [0.15, 0.2) is 0 Å². The van der Waals surface area contributed by atoms with E-state index in [1.54, 1.807) is 0 Å². The van der Waals surface area contributed by atoms with Crippen molar-refractivity contribution in [2.45, 2.75) is 12.8 Å². The first-order valence-electron chi connectivity index (χ1n) is 7.24. The van der Waals surface area contributed by atoms with Gasteiger partial charge in [-0.3, -0.25) is 0 Å². The van der Waals surface area contributed by atoms with Gasteiger partial charge in [0.2, 0.25) is 0 Å². The van der Waals surface area contributed by atoms with E-state index in [0.29, 0.717) is 0 Å². The van der Waals surface area contributed by atoms with Gasteiger partial charge in [0, 0.05) is 0 Å². The highest BCUT2D eigenvalue weighted by atomic mass is 14.3. The Bertz CT molecular complexity index is 897. The molecule has 5 rings (SSSR count). The van der Waals surface area contributed by atoms with Crippen molar-refractivity contribution in [2.75, 3.05) is 0 Å². The zero-order valence-corrected chi connectivity index (χ0v) is 11.2. The van der Waals surface area contributed by atoms with Crippen LogP contribution in [0.2, 0.25) is 0 Å².